The van der Waals surface area contributed by atoms with Crippen LogP contribution in [-0.4, -0.2) is 54.4 Å². The summed E-state index contributed by atoms with van der Waals surface area (Å²) >= 11 is 0. The largest absolute Gasteiger partial charge is 0.496 e. The highest BCUT2D eigenvalue weighted by atomic mass is 16.5. The Morgan fingerprint density at radius 2 is 2.00 bits per heavy atom. The van der Waals surface area contributed by atoms with Crippen LogP contribution in [0, 0.1) is 24.7 Å². The highest BCUT2D eigenvalue weighted by Gasteiger charge is 2.37. The zero-order valence-corrected chi connectivity index (χ0v) is 19.0. The third kappa shape index (κ3) is 4.60. The van der Waals surface area contributed by atoms with Gasteiger partial charge in [0.05, 0.1) is 13.0 Å². The van der Waals surface area contributed by atoms with Gasteiger partial charge in [-0.3, -0.25) is 9.69 Å². The molecule has 1 unspecified atom stereocenters. The number of likely N-dealkylation sites (tertiary alicyclic amines) is 1. The minimum Gasteiger partial charge on any atom is -0.496 e. The number of aliphatic carboxylic acids is 1. The zero-order valence-electron chi connectivity index (χ0n) is 19.0. The summed E-state index contributed by atoms with van der Waals surface area (Å²) in [6, 6.07) is 4.76. The molecule has 4 rings (SSSR count). The van der Waals surface area contributed by atoms with Crippen LogP contribution in [0.4, 0.5) is 0 Å². The molecular weight excluding hydrogens is 392 g/mol. The molecule has 1 aliphatic carbocycles. The van der Waals surface area contributed by atoms with Crippen molar-refractivity contribution in [2.24, 2.45) is 17.8 Å². The van der Waals surface area contributed by atoms with Crippen LogP contribution in [0.3, 0.4) is 0 Å². The van der Waals surface area contributed by atoms with Gasteiger partial charge in [-0.05, 0) is 81.5 Å². The average molecular weight is 429 g/mol. The molecule has 1 aromatic heterocycles. The van der Waals surface area contributed by atoms with E-state index in [1.807, 2.05) is 6.20 Å². The Kier molecular flexibility index (Phi) is 6.87. The first-order valence-corrected chi connectivity index (χ1v) is 11.6. The number of hydrogen-bond donors (Lipinski definition) is 2. The number of carboxylic acid groups (broad SMARTS) is 1. The first kappa shape index (κ1) is 22.2. The molecule has 31 heavy (non-hydrogen) atoms. The zero-order chi connectivity index (χ0) is 22.0. The number of ether oxygens (including phenoxy) is 2. The van der Waals surface area contributed by atoms with Gasteiger partial charge in [0.15, 0.2) is 0 Å². The van der Waals surface area contributed by atoms with Crippen molar-refractivity contribution in [3.05, 3.63) is 29.5 Å². The average Bonchev–Trinajstić information content (AvgIpc) is 3.27. The fourth-order valence-corrected chi connectivity index (χ4v) is 5.93. The van der Waals surface area contributed by atoms with Crippen molar-refractivity contribution in [1.29, 1.82) is 0 Å². The molecule has 2 fully saturated rings. The maximum atomic E-state index is 11.4. The lowest BCUT2D eigenvalue weighted by Gasteiger charge is -2.45. The van der Waals surface area contributed by atoms with Gasteiger partial charge in [0.2, 0.25) is 0 Å². The molecule has 1 aliphatic heterocycles. The van der Waals surface area contributed by atoms with Crippen LogP contribution < -0.4 is 4.74 Å². The number of aromatic nitrogens is 1. The van der Waals surface area contributed by atoms with Gasteiger partial charge in [-0.15, -0.1) is 0 Å². The number of hydrogen-bond acceptors (Lipinski definition) is 4. The number of aromatic amines is 1. The molecule has 0 amide bonds. The van der Waals surface area contributed by atoms with E-state index in [9.17, 15) is 9.90 Å². The lowest BCUT2D eigenvalue weighted by atomic mass is 9.74. The van der Waals surface area contributed by atoms with E-state index >= 15 is 0 Å². The van der Waals surface area contributed by atoms with Gasteiger partial charge in [0.25, 0.3) is 0 Å². The Labute approximate surface area is 184 Å². The third-order valence-corrected chi connectivity index (χ3v) is 7.63. The van der Waals surface area contributed by atoms with Gasteiger partial charge < -0.3 is 19.6 Å². The van der Waals surface area contributed by atoms with E-state index in [0.29, 0.717) is 17.9 Å². The molecule has 2 aromatic rings. The number of piperidine rings is 1. The fraction of sp³-hybridized carbons (Fsp3) is 0.640. The molecule has 1 saturated carbocycles. The number of aryl methyl sites for hydroxylation is 1. The summed E-state index contributed by atoms with van der Waals surface area (Å²) in [6.07, 6.45) is 7.88. The Morgan fingerprint density at radius 3 is 2.68 bits per heavy atom. The Balaban J connectivity index is 1.59. The molecule has 0 radical (unpaired) electrons. The van der Waals surface area contributed by atoms with Crippen LogP contribution in [0.1, 0.15) is 49.7 Å². The first-order chi connectivity index (χ1) is 15.0. The minimum atomic E-state index is -0.629. The van der Waals surface area contributed by atoms with Crippen molar-refractivity contribution < 1.29 is 19.4 Å². The number of H-pyrrole nitrogens is 1. The highest BCUT2D eigenvalue weighted by Crippen LogP contribution is 2.40. The van der Waals surface area contributed by atoms with Crippen LogP contribution in [0.15, 0.2) is 18.3 Å². The second-order valence-electron chi connectivity index (χ2n) is 9.47. The van der Waals surface area contributed by atoms with E-state index in [0.717, 1.165) is 64.0 Å². The number of methoxy groups -OCH3 is 2. The van der Waals surface area contributed by atoms with Crippen molar-refractivity contribution in [2.75, 3.05) is 27.4 Å². The monoisotopic (exact) mass is 428 g/mol. The summed E-state index contributed by atoms with van der Waals surface area (Å²) in [6.45, 7) is 4.83. The summed E-state index contributed by atoms with van der Waals surface area (Å²) in [5.41, 5.74) is 3.63. The number of carboxylic acids is 1. The first-order valence-electron chi connectivity index (χ1n) is 11.6. The Bertz CT molecular complexity index is 900. The van der Waals surface area contributed by atoms with Crippen molar-refractivity contribution >= 4 is 16.9 Å². The van der Waals surface area contributed by atoms with Gasteiger partial charge in [-0.25, -0.2) is 0 Å². The molecule has 0 spiro atoms. The van der Waals surface area contributed by atoms with E-state index < -0.39 is 5.97 Å². The molecule has 2 atom stereocenters. The van der Waals surface area contributed by atoms with Crippen LogP contribution in [0.25, 0.3) is 10.9 Å². The normalized spacial score (nSPS) is 27.5. The standard InChI is InChI=1S/C25H36N2O4/c1-16-12-23(31-3)21(20-8-10-26-24(16)20)14-27-11-9-17(15-30-2)13-22(27)18-4-6-19(7-5-18)25(28)29/h8,10,12,17-19,22,26H,4-7,9,11,13-15H2,1-3H3,(H,28,29)/t17?,18?,19?,22-/m0/s1. The van der Waals surface area contributed by atoms with Crippen molar-refractivity contribution in [3.63, 3.8) is 0 Å². The maximum Gasteiger partial charge on any atom is 0.306 e. The van der Waals surface area contributed by atoms with Crippen molar-refractivity contribution in [2.45, 2.75) is 58.0 Å². The molecular formula is C25H36N2O4. The van der Waals surface area contributed by atoms with Gasteiger partial charge in [0.1, 0.15) is 5.75 Å². The van der Waals surface area contributed by atoms with E-state index in [-0.39, 0.29) is 5.92 Å². The molecule has 6 heteroatoms. The molecule has 2 aliphatic rings. The second-order valence-corrected chi connectivity index (χ2v) is 9.47. The molecule has 170 valence electrons. The quantitative estimate of drug-likeness (QED) is 0.674. The lowest BCUT2D eigenvalue weighted by molar-refractivity contribution is -0.143. The number of fused-ring (bicyclic) bond motifs is 1. The van der Waals surface area contributed by atoms with Gasteiger partial charge in [-0.1, -0.05) is 0 Å². The van der Waals surface area contributed by atoms with E-state index in [2.05, 4.69) is 28.9 Å². The van der Waals surface area contributed by atoms with Crippen LogP contribution >= 0.6 is 0 Å². The summed E-state index contributed by atoms with van der Waals surface area (Å²) in [4.78, 5) is 17.5. The molecule has 1 aromatic carbocycles. The van der Waals surface area contributed by atoms with Crippen molar-refractivity contribution in [3.8, 4) is 5.75 Å². The number of carbonyl (C=O) groups is 1. The summed E-state index contributed by atoms with van der Waals surface area (Å²) in [5, 5.41) is 10.7. The molecule has 0 bridgehead atoms. The van der Waals surface area contributed by atoms with E-state index in [4.69, 9.17) is 9.47 Å². The fourth-order valence-electron chi connectivity index (χ4n) is 5.93. The number of nitrogens with zero attached hydrogens (tertiary/aromatic N) is 1. The van der Waals surface area contributed by atoms with E-state index in [1.54, 1.807) is 14.2 Å². The second kappa shape index (κ2) is 9.61. The third-order valence-electron chi connectivity index (χ3n) is 7.63. The summed E-state index contributed by atoms with van der Waals surface area (Å²) in [7, 11) is 3.55. The highest BCUT2D eigenvalue weighted by molar-refractivity contribution is 5.88. The summed E-state index contributed by atoms with van der Waals surface area (Å²) < 4.78 is 11.3. The number of benzene rings is 1. The topological polar surface area (TPSA) is 74.8 Å². The predicted octanol–water partition coefficient (Wildman–Crippen LogP) is 4.60. The SMILES string of the molecule is COCC1CCN(Cc2c(OC)cc(C)c3[nH]ccc23)[C@H](C2CCC(C(=O)O)CC2)C1. The molecule has 2 heterocycles. The van der Waals surface area contributed by atoms with Crippen LogP contribution in [0.5, 0.6) is 5.75 Å². The van der Waals surface area contributed by atoms with Crippen LogP contribution in [0.2, 0.25) is 0 Å². The maximum absolute atomic E-state index is 11.4. The Morgan fingerprint density at radius 1 is 1.23 bits per heavy atom. The summed E-state index contributed by atoms with van der Waals surface area (Å²) in [5.74, 6) is 1.29. The molecule has 2 N–H and O–H groups in total. The van der Waals surface area contributed by atoms with Crippen molar-refractivity contribution in [1.82, 2.24) is 9.88 Å². The van der Waals surface area contributed by atoms with Crippen LogP contribution in [-0.2, 0) is 16.1 Å². The predicted molar refractivity (Wildman–Crippen MR) is 121 cm³/mol. The smallest absolute Gasteiger partial charge is 0.306 e. The minimum absolute atomic E-state index is 0.167. The molecule has 6 nitrogen and oxygen atoms in total. The molecule has 1 saturated heterocycles. The van der Waals surface area contributed by atoms with Gasteiger partial charge in [0, 0.05) is 49.0 Å². The Hall–Kier alpha value is -2.05. The van der Waals surface area contributed by atoms with E-state index in [1.165, 1.54) is 22.0 Å². The van der Waals surface area contributed by atoms with Gasteiger partial charge >= 0.3 is 5.97 Å². The number of nitrogens with one attached hydrogen (secondary N) is 1. The number of rotatable bonds is 7. The van der Waals surface area contributed by atoms with Gasteiger partial charge in [-0.2, -0.15) is 0 Å². The lowest BCUT2D eigenvalue weighted by Crippen LogP contribution is -2.48.